The van der Waals surface area contributed by atoms with Gasteiger partial charge in [-0.1, -0.05) is 66.4 Å². The number of benzene rings is 2. The maximum atomic E-state index is 5.17. The van der Waals surface area contributed by atoms with Crippen molar-refractivity contribution in [3.8, 4) is 0 Å². The van der Waals surface area contributed by atoms with E-state index in [9.17, 15) is 0 Å². The molecule has 3 rings (SSSR count). The molecule has 80 valence electrons. The Kier molecular flexibility index (Phi) is 2.58. The molecule has 1 nitrogen and oxygen atoms in total. The Labute approximate surface area is 104 Å². The number of hydrogen-bond acceptors (Lipinski definition) is 2. The fourth-order valence-electron chi connectivity index (χ4n) is 2.11. The van der Waals surface area contributed by atoms with Crippen LogP contribution in [0.3, 0.4) is 0 Å². The molecular weight excluding hydrogens is 234 g/mol. The second-order valence-electron chi connectivity index (χ2n) is 3.86. The average molecular weight is 245 g/mol. The van der Waals surface area contributed by atoms with Crippen LogP contribution in [-0.2, 0) is 0 Å². The molecule has 0 bridgehead atoms. The van der Waals surface area contributed by atoms with Crippen LogP contribution in [0.1, 0.15) is 11.6 Å². The number of hydrogen-bond donors (Lipinski definition) is 1. The molecule has 1 atom stereocenters. The zero-order valence-electron chi connectivity index (χ0n) is 8.64. The standard InChI is InChI=1S/C13H11NS2/c15-13-14-12(8-16-13)11-7-3-5-9-4-1-2-6-10(9)11/h1-7,12H,8H2,(H,14,15)/t12-/m1/s1. The van der Waals surface area contributed by atoms with Crippen LogP contribution >= 0.6 is 24.0 Å². The van der Waals surface area contributed by atoms with E-state index >= 15 is 0 Å². The van der Waals surface area contributed by atoms with Crippen molar-refractivity contribution in [3.05, 3.63) is 48.0 Å². The van der Waals surface area contributed by atoms with E-state index in [1.54, 1.807) is 11.8 Å². The lowest BCUT2D eigenvalue weighted by Gasteiger charge is -2.13. The van der Waals surface area contributed by atoms with Gasteiger partial charge in [0, 0.05) is 5.75 Å². The third kappa shape index (κ3) is 1.70. The first-order valence-electron chi connectivity index (χ1n) is 5.25. The summed E-state index contributed by atoms with van der Waals surface area (Å²) in [5.41, 5.74) is 1.35. The fraction of sp³-hybridized carbons (Fsp3) is 0.154. The van der Waals surface area contributed by atoms with Crippen molar-refractivity contribution in [2.24, 2.45) is 0 Å². The summed E-state index contributed by atoms with van der Waals surface area (Å²) in [6.45, 7) is 0. The van der Waals surface area contributed by atoms with Crippen LogP contribution in [0.25, 0.3) is 10.8 Å². The summed E-state index contributed by atoms with van der Waals surface area (Å²) in [5.74, 6) is 1.03. The lowest BCUT2D eigenvalue weighted by molar-refractivity contribution is 0.764. The monoisotopic (exact) mass is 245 g/mol. The Morgan fingerprint density at radius 1 is 1.12 bits per heavy atom. The highest BCUT2D eigenvalue weighted by Gasteiger charge is 2.21. The van der Waals surface area contributed by atoms with Crippen molar-refractivity contribution in [1.82, 2.24) is 5.32 Å². The SMILES string of the molecule is S=C1N[C@@H](c2cccc3ccccc23)CS1. The summed E-state index contributed by atoms with van der Waals surface area (Å²) in [6, 6.07) is 15.3. The van der Waals surface area contributed by atoms with Gasteiger partial charge in [-0.3, -0.25) is 0 Å². The molecule has 1 heterocycles. The lowest BCUT2D eigenvalue weighted by Crippen LogP contribution is -2.17. The quantitative estimate of drug-likeness (QED) is 0.772. The number of nitrogens with one attached hydrogen (secondary N) is 1. The maximum Gasteiger partial charge on any atom is 0.134 e. The molecule has 0 unspecified atom stereocenters. The Hall–Kier alpha value is -1.06. The molecule has 16 heavy (non-hydrogen) atoms. The summed E-state index contributed by atoms with van der Waals surface area (Å²) in [6.07, 6.45) is 0. The Bertz CT molecular complexity index is 545. The van der Waals surface area contributed by atoms with Crippen molar-refractivity contribution in [1.29, 1.82) is 0 Å². The summed E-state index contributed by atoms with van der Waals surface area (Å²) >= 11 is 6.90. The second kappa shape index (κ2) is 4.07. The number of fused-ring (bicyclic) bond motifs is 1. The van der Waals surface area contributed by atoms with E-state index in [1.165, 1.54) is 16.3 Å². The van der Waals surface area contributed by atoms with E-state index in [0.29, 0.717) is 6.04 Å². The number of rotatable bonds is 1. The minimum Gasteiger partial charge on any atom is -0.363 e. The van der Waals surface area contributed by atoms with E-state index in [1.807, 2.05) is 0 Å². The molecule has 1 saturated heterocycles. The van der Waals surface area contributed by atoms with Gasteiger partial charge in [0.05, 0.1) is 6.04 Å². The van der Waals surface area contributed by atoms with Gasteiger partial charge in [0.15, 0.2) is 0 Å². The summed E-state index contributed by atoms with van der Waals surface area (Å²) < 4.78 is 0.915. The molecule has 1 fully saturated rings. The molecule has 0 spiro atoms. The highest BCUT2D eigenvalue weighted by Crippen LogP contribution is 2.30. The highest BCUT2D eigenvalue weighted by molar-refractivity contribution is 8.23. The first-order valence-corrected chi connectivity index (χ1v) is 6.65. The predicted molar refractivity (Wildman–Crippen MR) is 74.9 cm³/mol. The molecular formula is C13H11NS2. The van der Waals surface area contributed by atoms with Crippen molar-refractivity contribution in [2.75, 3.05) is 5.75 Å². The summed E-state index contributed by atoms with van der Waals surface area (Å²) in [7, 11) is 0. The van der Waals surface area contributed by atoms with Crippen molar-refractivity contribution < 1.29 is 0 Å². The van der Waals surface area contributed by atoms with Crippen LogP contribution in [0, 0.1) is 0 Å². The van der Waals surface area contributed by atoms with Crippen LogP contribution in [0.4, 0.5) is 0 Å². The van der Waals surface area contributed by atoms with E-state index < -0.39 is 0 Å². The summed E-state index contributed by atoms with van der Waals surface area (Å²) in [4.78, 5) is 0. The molecule has 0 saturated carbocycles. The van der Waals surface area contributed by atoms with Gasteiger partial charge in [-0.25, -0.2) is 0 Å². The van der Waals surface area contributed by atoms with E-state index in [-0.39, 0.29) is 0 Å². The molecule has 0 aromatic heterocycles. The van der Waals surface area contributed by atoms with Crippen LogP contribution in [0.5, 0.6) is 0 Å². The topological polar surface area (TPSA) is 12.0 Å². The van der Waals surface area contributed by atoms with Gasteiger partial charge in [-0.05, 0) is 16.3 Å². The normalized spacial score (nSPS) is 20.0. The van der Waals surface area contributed by atoms with Gasteiger partial charge in [0.1, 0.15) is 4.32 Å². The van der Waals surface area contributed by atoms with Gasteiger partial charge in [0.2, 0.25) is 0 Å². The fourth-order valence-corrected chi connectivity index (χ4v) is 3.26. The second-order valence-corrected chi connectivity index (χ2v) is 5.56. The molecule has 1 N–H and O–H groups in total. The van der Waals surface area contributed by atoms with Gasteiger partial charge < -0.3 is 5.32 Å². The molecule has 1 aliphatic rings. The van der Waals surface area contributed by atoms with Crippen molar-refractivity contribution in [3.63, 3.8) is 0 Å². The third-order valence-electron chi connectivity index (χ3n) is 2.87. The molecule has 2 aromatic rings. The first kappa shape index (κ1) is 10.1. The molecule has 0 amide bonds. The van der Waals surface area contributed by atoms with Crippen LogP contribution in [0.15, 0.2) is 42.5 Å². The minimum absolute atomic E-state index is 0.364. The predicted octanol–water partition coefficient (Wildman–Crippen LogP) is 3.50. The van der Waals surface area contributed by atoms with Gasteiger partial charge in [0.25, 0.3) is 0 Å². The van der Waals surface area contributed by atoms with Crippen LogP contribution in [-0.4, -0.2) is 10.1 Å². The molecule has 0 aliphatic carbocycles. The van der Waals surface area contributed by atoms with Gasteiger partial charge in [-0.15, -0.1) is 0 Å². The molecule has 2 aromatic carbocycles. The smallest absolute Gasteiger partial charge is 0.134 e. The zero-order valence-corrected chi connectivity index (χ0v) is 10.3. The number of thiocarbonyl (C=S) groups is 1. The Balaban J connectivity index is 2.13. The number of thioether (sulfide) groups is 1. The first-order chi connectivity index (χ1) is 7.84. The van der Waals surface area contributed by atoms with Crippen molar-refractivity contribution >= 4 is 39.1 Å². The van der Waals surface area contributed by atoms with E-state index in [2.05, 4.69) is 47.8 Å². The maximum absolute atomic E-state index is 5.17. The summed E-state index contributed by atoms with van der Waals surface area (Å²) in [5, 5.41) is 5.98. The lowest BCUT2D eigenvalue weighted by atomic mass is 10.00. The van der Waals surface area contributed by atoms with Crippen molar-refractivity contribution in [2.45, 2.75) is 6.04 Å². The highest BCUT2D eigenvalue weighted by atomic mass is 32.2. The van der Waals surface area contributed by atoms with E-state index in [0.717, 1.165) is 10.1 Å². The van der Waals surface area contributed by atoms with Crippen LogP contribution < -0.4 is 5.32 Å². The average Bonchev–Trinajstić information content (AvgIpc) is 2.75. The zero-order chi connectivity index (χ0) is 11.0. The minimum atomic E-state index is 0.364. The Morgan fingerprint density at radius 3 is 2.75 bits per heavy atom. The van der Waals surface area contributed by atoms with E-state index in [4.69, 9.17) is 12.2 Å². The largest absolute Gasteiger partial charge is 0.363 e. The molecule has 1 aliphatic heterocycles. The Morgan fingerprint density at radius 2 is 1.94 bits per heavy atom. The molecule has 3 heteroatoms. The molecule has 0 radical (unpaired) electrons. The van der Waals surface area contributed by atoms with Gasteiger partial charge in [-0.2, -0.15) is 0 Å². The third-order valence-corrected chi connectivity index (χ3v) is 4.22. The van der Waals surface area contributed by atoms with Gasteiger partial charge >= 0.3 is 0 Å². The van der Waals surface area contributed by atoms with Crippen LogP contribution in [0.2, 0.25) is 0 Å².